The van der Waals surface area contributed by atoms with Gasteiger partial charge in [-0.25, -0.2) is 4.39 Å². The standard InChI is InChI=1S/C20H19FN2O3/c1-13(24)23-12-18(17-11-16(26-2)7-8-19(17)23)20(25)22-10-9-14-3-5-15(21)6-4-14/h3-8,11-12H,9-10H2,1-2H3,(H,22,25). The molecule has 0 unspecified atom stereocenters. The van der Waals surface area contributed by atoms with Gasteiger partial charge >= 0.3 is 0 Å². The van der Waals surface area contributed by atoms with Gasteiger partial charge in [0.2, 0.25) is 5.91 Å². The molecule has 3 rings (SSSR count). The van der Waals surface area contributed by atoms with Gasteiger partial charge in [0.1, 0.15) is 11.6 Å². The quantitative estimate of drug-likeness (QED) is 0.764. The van der Waals surface area contributed by atoms with E-state index in [0.717, 1.165) is 5.56 Å². The summed E-state index contributed by atoms with van der Waals surface area (Å²) in [6.07, 6.45) is 2.13. The third-order valence-electron chi connectivity index (χ3n) is 4.21. The van der Waals surface area contributed by atoms with Crippen LogP contribution >= 0.6 is 0 Å². The second-order valence-corrected chi connectivity index (χ2v) is 5.95. The number of halogens is 1. The first-order valence-corrected chi connectivity index (χ1v) is 8.22. The fraction of sp³-hybridized carbons (Fsp3) is 0.200. The fourth-order valence-corrected chi connectivity index (χ4v) is 2.84. The molecule has 0 spiro atoms. The van der Waals surface area contributed by atoms with Gasteiger partial charge in [-0.2, -0.15) is 0 Å². The molecule has 3 aromatic rings. The second kappa shape index (κ2) is 7.39. The van der Waals surface area contributed by atoms with Crippen LogP contribution in [0.5, 0.6) is 5.75 Å². The molecule has 1 aromatic heterocycles. The van der Waals surface area contributed by atoms with Crippen molar-refractivity contribution in [1.29, 1.82) is 0 Å². The molecule has 2 aromatic carbocycles. The first kappa shape index (κ1) is 17.7. The van der Waals surface area contributed by atoms with Crippen molar-refractivity contribution in [2.24, 2.45) is 0 Å². The van der Waals surface area contributed by atoms with E-state index in [4.69, 9.17) is 4.74 Å². The highest BCUT2D eigenvalue weighted by Crippen LogP contribution is 2.26. The van der Waals surface area contributed by atoms with Crippen LogP contribution in [0.4, 0.5) is 4.39 Å². The van der Waals surface area contributed by atoms with Crippen LogP contribution in [0.15, 0.2) is 48.7 Å². The predicted octanol–water partition coefficient (Wildman–Crippen LogP) is 3.42. The summed E-state index contributed by atoms with van der Waals surface area (Å²) in [6.45, 7) is 1.85. The van der Waals surface area contributed by atoms with Crippen molar-refractivity contribution in [3.8, 4) is 5.75 Å². The Kier molecular flexibility index (Phi) is 5.02. The number of hydrogen-bond acceptors (Lipinski definition) is 3. The zero-order valence-corrected chi connectivity index (χ0v) is 14.6. The van der Waals surface area contributed by atoms with Gasteiger partial charge in [-0.1, -0.05) is 12.1 Å². The molecule has 0 aliphatic rings. The highest BCUT2D eigenvalue weighted by atomic mass is 19.1. The van der Waals surface area contributed by atoms with E-state index >= 15 is 0 Å². The number of amides is 1. The van der Waals surface area contributed by atoms with Crippen LogP contribution in [-0.2, 0) is 6.42 Å². The van der Waals surface area contributed by atoms with Crippen LogP contribution in [-0.4, -0.2) is 30.0 Å². The number of hydrogen-bond donors (Lipinski definition) is 1. The van der Waals surface area contributed by atoms with Gasteiger partial charge in [-0.05, 0) is 42.3 Å². The number of benzene rings is 2. The van der Waals surface area contributed by atoms with Crippen molar-refractivity contribution >= 4 is 22.7 Å². The summed E-state index contributed by atoms with van der Waals surface area (Å²) < 4.78 is 19.6. The summed E-state index contributed by atoms with van der Waals surface area (Å²) >= 11 is 0. The Balaban J connectivity index is 1.80. The average molecular weight is 354 g/mol. The van der Waals surface area contributed by atoms with Crippen LogP contribution in [0.2, 0.25) is 0 Å². The van der Waals surface area contributed by atoms with Crippen LogP contribution < -0.4 is 10.1 Å². The van der Waals surface area contributed by atoms with E-state index < -0.39 is 0 Å². The van der Waals surface area contributed by atoms with Gasteiger partial charge in [-0.15, -0.1) is 0 Å². The largest absolute Gasteiger partial charge is 0.497 e. The second-order valence-electron chi connectivity index (χ2n) is 5.95. The lowest BCUT2D eigenvalue weighted by Crippen LogP contribution is -2.25. The van der Waals surface area contributed by atoms with Gasteiger partial charge in [0.25, 0.3) is 5.91 Å². The Morgan fingerprint density at radius 2 is 1.88 bits per heavy atom. The number of carbonyl (C=O) groups is 2. The minimum absolute atomic E-state index is 0.175. The number of rotatable bonds is 5. The maximum absolute atomic E-state index is 12.9. The van der Waals surface area contributed by atoms with Crippen LogP contribution in [0.25, 0.3) is 10.9 Å². The minimum atomic E-state index is -0.288. The number of aromatic nitrogens is 1. The third-order valence-corrected chi connectivity index (χ3v) is 4.21. The van der Waals surface area contributed by atoms with E-state index in [-0.39, 0.29) is 17.6 Å². The molecule has 0 saturated carbocycles. The van der Waals surface area contributed by atoms with Gasteiger partial charge in [0, 0.05) is 25.1 Å². The number of nitrogens with one attached hydrogen (secondary N) is 1. The van der Waals surface area contributed by atoms with Crippen LogP contribution in [0, 0.1) is 5.82 Å². The number of methoxy groups -OCH3 is 1. The Labute approximate surface area is 150 Å². The smallest absolute Gasteiger partial charge is 0.253 e. The summed E-state index contributed by atoms with van der Waals surface area (Å²) in [5, 5.41) is 3.50. The van der Waals surface area contributed by atoms with E-state index in [2.05, 4.69) is 5.32 Å². The number of fused-ring (bicyclic) bond motifs is 1. The monoisotopic (exact) mass is 354 g/mol. The molecule has 6 heteroatoms. The molecular formula is C20H19FN2O3. The molecule has 0 radical (unpaired) electrons. The van der Waals surface area contributed by atoms with Crippen molar-refractivity contribution in [2.45, 2.75) is 13.3 Å². The molecule has 0 atom stereocenters. The molecule has 1 N–H and O–H groups in total. The number of ether oxygens (including phenoxy) is 1. The molecule has 26 heavy (non-hydrogen) atoms. The highest BCUT2D eigenvalue weighted by molar-refractivity contribution is 6.09. The van der Waals surface area contributed by atoms with Crippen molar-refractivity contribution < 1.29 is 18.7 Å². The van der Waals surface area contributed by atoms with E-state index in [1.54, 1.807) is 43.6 Å². The summed E-state index contributed by atoms with van der Waals surface area (Å²) in [7, 11) is 1.55. The normalized spacial score (nSPS) is 10.7. The Morgan fingerprint density at radius 3 is 2.54 bits per heavy atom. The number of nitrogens with zero attached hydrogens (tertiary/aromatic N) is 1. The van der Waals surface area contributed by atoms with Crippen molar-refractivity contribution in [3.63, 3.8) is 0 Å². The summed E-state index contributed by atoms with van der Waals surface area (Å²) in [5.74, 6) is -0.126. The minimum Gasteiger partial charge on any atom is -0.497 e. The first-order chi connectivity index (χ1) is 12.5. The lowest BCUT2D eigenvalue weighted by Gasteiger charge is -2.05. The van der Waals surface area contributed by atoms with Gasteiger partial charge < -0.3 is 10.1 Å². The Bertz CT molecular complexity index is 961. The Morgan fingerprint density at radius 1 is 1.15 bits per heavy atom. The molecule has 5 nitrogen and oxygen atoms in total. The predicted molar refractivity (Wildman–Crippen MR) is 97.2 cm³/mol. The summed E-state index contributed by atoms with van der Waals surface area (Å²) in [6, 6.07) is 11.4. The zero-order valence-electron chi connectivity index (χ0n) is 14.6. The molecule has 1 heterocycles. The van der Waals surface area contributed by atoms with Crippen LogP contribution in [0.1, 0.15) is 27.6 Å². The average Bonchev–Trinajstić information content (AvgIpc) is 3.02. The molecule has 1 amide bonds. The van der Waals surface area contributed by atoms with Gasteiger partial charge in [0.15, 0.2) is 0 Å². The molecular weight excluding hydrogens is 335 g/mol. The van der Waals surface area contributed by atoms with Gasteiger partial charge in [0.05, 0.1) is 18.2 Å². The fourth-order valence-electron chi connectivity index (χ4n) is 2.84. The van der Waals surface area contributed by atoms with Crippen molar-refractivity contribution in [3.05, 3.63) is 65.6 Å². The molecule has 0 fully saturated rings. The SMILES string of the molecule is COc1ccc2c(c1)c(C(=O)NCCc1ccc(F)cc1)cn2C(C)=O. The summed E-state index contributed by atoms with van der Waals surface area (Å²) in [4.78, 5) is 24.4. The molecule has 0 aliphatic carbocycles. The van der Waals surface area contributed by atoms with E-state index in [0.29, 0.717) is 35.2 Å². The van der Waals surface area contributed by atoms with Crippen LogP contribution in [0.3, 0.4) is 0 Å². The molecule has 0 aliphatic heterocycles. The summed E-state index contributed by atoms with van der Waals surface area (Å²) in [5.41, 5.74) is 2.00. The topological polar surface area (TPSA) is 60.3 Å². The number of carbonyl (C=O) groups excluding carboxylic acids is 2. The third kappa shape index (κ3) is 3.59. The lowest BCUT2D eigenvalue weighted by molar-refractivity contribution is 0.0941. The van der Waals surface area contributed by atoms with E-state index in [1.165, 1.54) is 23.6 Å². The Hall–Kier alpha value is -3.15. The lowest BCUT2D eigenvalue weighted by atomic mass is 10.1. The zero-order chi connectivity index (χ0) is 18.7. The van der Waals surface area contributed by atoms with Gasteiger partial charge in [-0.3, -0.25) is 14.2 Å². The maximum Gasteiger partial charge on any atom is 0.253 e. The van der Waals surface area contributed by atoms with Crippen molar-refractivity contribution in [2.75, 3.05) is 13.7 Å². The maximum atomic E-state index is 12.9. The molecule has 0 bridgehead atoms. The van der Waals surface area contributed by atoms with E-state index in [9.17, 15) is 14.0 Å². The molecule has 134 valence electrons. The van der Waals surface area contributed by atoms with E-state index in [1.807, 2.05) is 0 Å². The highest BCUT2D eigenvalue weighted by Gasteiger charge is 2.17. The first-order valence-electron chi connectivity index (χ1n) is 8.22. The molecule has 0 saturated heterocycles. The van der Waals surface area contributed by atoms with Crippen molar-refractivity contribution in [1.82, 2.24) is 9.88 Å².